The SMILES string of the molecule is O=C(Nc1cccc2ccccc12)c1ccc(NC(=O)c2cccs2)cc1. The van der Waals surface area contributed by atoms with Crippen LogP contribution in [0.15, 0.2) is 84.2 Å². The Morgan fingerprint density at radius 2 is 1.48 bits per heavy atom. The molecule has 0 saturated carbocycles. The van der Waals surface area contributed by atoms with E-state index in [1.165, 1.54) is 11.3 Å². The Bertz CT molecular complexity index is 1100. The molecule has 0 spiro atoms. The van der Waals surface area contributed by atoms with Crippen molar-refractivity contribution in [2.75, 3.05) is 10.6 Å². The zero-order chi connectivity index (χ0) is 18.6. The van der Waals surface area contributed by atoms with Crippen LogP contribution < -0.4 is 10.6 Å². The number of fused-ring (bicyclic) bond motifs is 1. The molecule has 132 valence electrons. The molecule has 1 heterocycles. The summed E-state index contributed by atoms with van der Waals surface area (Å²) in [6, 6.07) is 24.2. The standard InChI is InChI=1S/C22H16N2O2S/c25-21(24-19-8-3-6-15-5-1-2-7-18(15)19)16-10-12-17(13-11-16)23-22(26)20-9-4-14-27-20/h1-14H,(H,23,26)(H,24,25). The summed E-state index contributed by atoms with van der Waals surface area (Å²) in [6.45, 7) is 0. The normalized spacial score (nSPS) is 10.5. The number of thiophene rings is 1. The Hall–Kier alpha value is -3.44. The number of nitrogens with one attached hydrogen (secondary N) is 2. The van der Waals surface area contributed by atoms with Gasteiger partial charge in [-0.2, -0.15) is 0 Å². The Morgan fingerprint density at radius 1 is 0.704 bits per heavy atom. The van der Waals surface area contributed by atoms with E-state index in [1.807, 2.05) is 53.9 Å². The van der Waals surface area contributed by atoms with Gasteiger partial charge in [-0.1, -0.05) is 42.5 Å². The van der Waals surface area contributed by atoms with Gasteiger partial charge in [-0.15, -0.1) is 11.3 Å². The molecule has 0 saturated heterocycles. The predicted octanol–water partition coefficient (Wildman–Crippen LogP) is 5.41. The lowest BCUT2D eigenvalue weighted by Crippen LogP contribution is -2.13. The molecule has 5 heteroatoms. The number of carbonyl (C=O) groups excluding carboxylic acids is 2. The quantitative estimate of drug-likeness (QED) is 0.503. The lowest BCUT2D eigenvalue weighted by atomic mass is 10.1. The highest BCUT2D eigenvalue weighted by molar-refractivity contribution is 7.12. The molecule has 3 aromatic carbocycles. The van der Waals surface area contributed by atoms with Crippen LogP contribution in [0, 0.1) is 0 Å². The molecule has 2 amide bonds. The summed E-state index contributed by atoms with van der Waals surface area (Å²) >= 11 is 1.38. The summed E-state index contributed by atoms with van der Waals surface area (Å²) in [6.07, 6.45) is 0. The number of amides is 2. The molecular weight excluding hydrogens is 356 g/mol. The second-order valence-corrected chi connectivity index (χ2v) is 6.94. The maximum atomic E-state index is 12.6. The van der Waals surface area contributed by atoms with Crippen LogP contribution in [0.5, 0.6) is 0 Å². The van der Waals surface area contributed by atoms with Gasteiger partial charge in [0.15, 0.2) is 0 Å². The molecule has 4 nitrogen and oxygen atoms in total. The summed E-state index contributed by atoms with van der Waals surface area (Å²) in [5, 5.41) is 9.71. The minimum absolute atomic E-state index is 0.155. The molecule has 0 atom stereocenters. The number of carbonyl (C=O) groups is 2. The van der Waals surface area contributed by atoms with Gasteiger partial charge in [0.05, 0.1) is 4.88 Å². The summed E-state index contributed by atoms with van der Waals surface area (Å²) in [4.78, 5) is 25.3. The molecule has 0 aliphatic carbocycles. The van der Waals surface area contributed by atoms with E-state index in [9.17, 15) is 9.59 Å². The highest BCUT2D eigenvalue weighted by atomic mass is 32.1. The number of anilines is 2. The summed E-state index contributed by atoms with van der Waals surface area (Å²) in [7, 11) is 0. The van der Waals surface area contributed by atoms with Crippen molar-refractivity contribution in [1.82, 2.24) is 0 Å². The minimum atomic E-state index is -0.192. The van der Waals surface area contributed by atoms with E-state index in [-0.39, 0.29) is 11.8 Å². The second-order valence-electron chi connectivity index (χ2n) is 5.99. The molecule has 0 radical (unpaired) electrons. The van der Waals surface area contributed by atoms with Gasteiger partial charge >= 0.3 is 0 Å². The lowest BCUT2D eigenvalue weighted by molar-refractivity contribution is 0.102. The zero-order valence-corrected chi connectivity index (χ0v) is 15.1. The van der Waals surface area contributed by atoms with Gasteiger partial charge in [0.1, 0.15) is 0 Å². The largest absolute Gasteiger partial charge is 0.321 e. The molecule has 0 fully saturated rings. The van der Waals surface area contributed by atoms with Gasteiger partial charge in [0.25, 0.3) is 11.8 Å². The average Bonchev–Trinajstić information content (AvgIpc) is 3.24. The van der Waals surface area contributed by atoms with Crippen molar-refractivity contribution in [3.8, 4) is 0 Å². The molecular formula is C22H16N2O2S. The van der Waals surface area contributed by atoms with Crippen molar-refractivity contribution < 1.29 is 9.59 Å². The summed E-state index contributed by atoms with van der Waals surface area (Å²) < 4.78 is 0. The molecule has 4 rings (SSSR count). The first-order valence-corrected chi connectivity index (χ1v) is 9.33. The second kappa shape index (κ2) is 7.43. The molecule has 0 unspecified atom stereocenters. The van der Waals surface area contributed by atoms with Crippen molar-refractivity contribution in [2.45, 2.75) is 0 Å². The zero-order valence-electron chi connectivity index (χ0n) is 14.3. The smallest absolute Gasteiger partial charge is 0.265 e. The average molecular weight is 372 g/mol. The van der Waals surface area contributed by atoms with Gasteiger partial charge in [-0.05, 0) is 47.2 Å². The van der Waals surface area contributed by atoms with Crippen LogP contribution in [0.25, 0.3) is 10.8 Å². The van der Waals surface area contributed by atoms with Crippen molar-refractivity contribution in [1.29, 1.82) is 0 Å². The van der Waals surface area contributed by atoms with E-state index in [0.717, 1.165) is 16.5 Å². The van der Waals surface area contributed by atoms with Crippen LogP contribution >= 0.6 is 11.3 Å². The van der Waals surface area contributed by atoms with E-state index < -0.39 is 0 Å². The maximum absolute atomic E-state index is 12.6. The van der Waals surface area contributed by atoms with Gasteiger partial charge < -0.3 is 10.6 Å². The Balaban J connectivity index is 1.48. The van der Waals surface area contributed by atoms with Crippen molar-refractivity contribution >= 4 is 45.3 Å². The first-order chi connectivity index (χ1) is 13.2. The van der Waals surface area contributed by atoms with Crippen LogP contribution in [-0.2, 0) is 0 Å². The highest BCUT2D eigenvalue weighted by Gasteiger charge is 2.10. The fourth-order valence-corrected chi connectivity index (χ4v) is 3.45. The lowest BCUT2D eigenvalue weighted by Gasteiger charge is -2.09. The number of hydrogen-bond donors (Lipinski definition) is 2. The number of benzene rings is 3. The van der Waals surface area contributed by atoms with E-state index in [1.54, 1.807) is 30.3 Å². The number of hydrogen-bond acceptors (Lipinski definition) is 3. The Kier molecular flexibility index (Phi) is 4.68. The minimum Gasteiger partial charge on any atom is -0.321 e. The van der Waals surface area contributed by atoms with Crippen LogP contribution in [0.1, 0.15) is 20.0 Å². The monoisotopic (exact) mass is 372 g/mol. The van der Waals surface area contributed by atoms with Crippen molar-refractivity contribution in [2.24, 2.45) is 0 Å². The highest BCUT2D eigenvalue weighted by Crippen LogP contribution is 2.23. The molecule has 0 bridgehead atoms. The van der Waals surface area contributed by atoms with Gasteiger partial charge in [-0.3, -0.25) is 9.59 Å². The first kappa shape index (κ1) is 17.0. The topological polar surface area (TPSA) is 58.2 Å². The summed E-state index contributed by atoms with van der Waals surface area (Å²) in [5.74, 6) is -0.347. The molecule has 0 aliphatic rings. The van der Waals surface area contributed by atoms with Gasteiger partial charge in [-0.25, -0.2) is 0 Å². The first-order valence-electron chi connectivity index (χ1n) is 8.45. The molecule has 0 aliphatic heterocycles. The van der Waals surface area contributed by atoms with Gasteiger partial charge in [0, 0.05) is 22.3 Å². The van der Waals surface area contributed by atoms with Gasteiger partial charge in [0.2, 0.25) is 0 Å². The van der Waals surface area contributed by atoms with E-state index in [2.05, 4.69) is 10.6 Å². The van der Waals surface area contributed by atoms with Crippen LogP contribution in [0.4, 0.5) is 11.4 Å². The third-order valence-electron chi connectivity index (χ3n) is 4.19. The third kappa shape index (κ3) is 3.73. The third-order valence-corrected chi connectivity index (χ3v) is 5.06. The maximum Gasteiger partial charge on any atom is 0.265 e. The Labute approximate surface area is 160 Å². The van der Waals surface area contributed by atoms with Crippen molar-refractivity contribution in [3.63, 3.8) is 0 Å². The van der Waals surface area contributed by atoms with Crippen LogP contribution in [0.2, 0.25) is 0 Å². The fraction of sp³-hybridized carbons (Fsp3) is 0. The van der Waals surface area contributed by atoms with Crippen LogP contribution in [-0.4, -0.2) is 11.8 Å². The molecule has 1 aromatic heterocycles. The molecule has 2 N–H and O–H groups in total. The fourth-order valence-electron chi connectivity index (χ4n) is 2.83. The van der Waals surface area contributed by atoms with E-state index in [4.69, 9.17) is 0 Å². The number of rotatable bonds is 4. The predicted molar refractivity (Wildman–Crippen MR) is 111 cm³/mol. The summed E-state index contributed by atoms with van der Waals surface area (Å²) in [5.41, 5.74) is 1.94. The van der Waals surface area contributed by atoms with E-state index in [0.29, 0.717) is 16.1 Å². The molecule has 4 aromatic rings. The van der Waals surface area contributed by atoms with Crippen LogP contribution in [0.3, 0.4) is 0 Å². The Morgan fingerprint density at radius 3 is 2.26 bits per heavy atom. The van der Waals surface area contributed by atoms with E-state index >= 15 is 0 Å². The van der Waals surface area contributed by atoms with Crippen molar-refractivity contribution in [3.05, 3.63) is 94.7 Å². The molecule has 27 heavy (non-hydrogen) atoms.